The number of thioether (sulfide) groups is 1. The molecule has 3 aromatic rings. The minimum atomic E-state index is -0.209. The highest BCUT2D eigenvalue weighted by Gasteiger charge is 2.22. The molecule has 0 unspecified atom stereocenters. The van der Waals surface area contributed by atoms with Gasteiger partial charge in [-0.25, -0.2) is 9.37 Å². The van der Waals surface area contributed by atoms with Gasteiger partial charge in [0.1, 0.15) is 10.6 Å². The number of fused-ring (bicyclic) bond motifs is 3. The third-order valence-corrected chi connectivity index (χ3v) is 7.50. The number of hydrogen-bond donors (Lipinski definition) is 0. The molecule has 148 valence electrons. The van der Waals surface area contributed by atoms with Gasteiger partial charge in [0, 0.05) is 17.2 Å². The number of aromatic nitrogens is 2. The second kappa shape index (κ2) is 8.37. The lowest BCUT2D eigenvalue weighted by molar-refractivity contribution is 0.481. The maximum atomic E-state index is 14.0. The summed E-state index contributed by atoms with van der Waals surface area (Å²) in [4.78, 5) is 20.5. The normalized spacial score (nSPS) is 14.0. The average Bonchev–Trinajstić information content (AvgIpc) is 3.05. The monoisotopic (exact) mass is 416 g/mol. The van der Waals surface area contributed by atoms with Crippen LogP contribution in [-0.4, -0.2) is 9.55 Å². The lowest BCUT2D eigenvalue weighted by Gasteiger charge is -2.14. The molecule has 0 radical (unpaired) electrons. The van der Waals surface area contributed by atoms with Crippen molar-refractivity contribution in [1.29, 1.82) is 0 Å². The van der Waals surface area contributed by atoms with Gasteiger partial charge in [0.2, 0.25) is 0 Å². The van der Waals surface area contributed by atoms with Crippen molar-refractivity contribution >= 4 is 33.3 Å². The van der Waals surface area contributed by atoms with E-state index in [0.29, 0.717) is 28.9 Å². The van der Waals surface area contributed by atoms with Gasteiger partial charge >= 0.3 is 0 Å². The molecule has 0 fully saturated rings. The summed E-state index contributed by atoms with van der Waals surface area (Å²) in [6.45, 7) is 4.98. The zero-order chi connectivity index (χ0) is 19.7. The van der Waals surface area contributed by atoms with E-state index in [1.54, 1.807) is 23.5 Å². The maximum Gasteiger partial charge on any atom is 0.263 e. The predicted octanol–water partition coefficient (Wildman–Crippen LogP) is 5.81. The molecule has 2 aromatic heterocycles. The highest BCUT2D eigenvalue weighted by molar-refractivity contribution is 7.98. The summed E-state index contributed by atoms with van der Waals surface area (Å²) >= 11 is 3.13. The van der Waals surface area contributed by atoms with E-state index in [1.807, 2.05) is 10.6 Å². The van der Waals surface area contributed by atoms with Crippen LogP contribution in [0.2, 0.25) is 0 Å². The lowest BCUT2D eigenvalue weighted by Crippen LogP contribution is -2.24. The summed E-state index contributed by atoms with van der Waals surface area (Å²) in [5, 5.41) is 1.54. The Hall–Kier alpha value is -1.66. The molecule has 0 N–H and O–H groups in total. The summed E-state index contributed by atoms with van der Waals surface area (Å²) in [5.74, 6) is 0.763. The fourth-order valence-electron chi connectivity index (χ4n) is 3.67. The van der Waals surface area contributed by atoms with E-state index < -0.39 is 0 Å². The number of thiophene rings is 1. The highest BCUT2D eigenvalue weighted by atomic mass is 32.2. The average molecular weight is 417 g/mol. The smallest absolute Gasteiger partial charge is 0.263 e. The fraction of sp³-hybridized carbons (Fsp3) is 0.455. The van der Waals surface area contributed by atoms with Crippen LogP contribution >= 0.6 is 23.1 Å². The molecule has 6 heteroatoms. The maximum absolute atomic E-state index is 14.0. The molecule has 1 aromatic carbocycles. The van der Waals surface area contributed by atoms with Crippen molar-refractivity contribution in [2.75, 3.05) is 0 Å². The van der Waals surface area contributed by atoms with E-state index in [9.17, 15) is 9.18 Å². The van der Waals surface area contributed by atoms with Gasteiger partial charge < -0.3 is 0 Å². The summed E-state index contributed by atoms with van der Waals surface area (Å²) in [6.07, 6.45) is 5.30. The first kappa shape index (κ1) is 19.6. The Morgan fingerprint density at radius 2 is 2.04 bits per heavy atom. The minimum absolute atomic E-state index is 0.0843. The number of hydrogen-bond acceptors (Lipinski definition) is 4. The molecule has 0 aliphatic heterocycles. The van der Waals surface area contributed by atoms with E-state index in [4.69, 9.17) is 4.98 Å². The first-order valence-corrected chi connectivity index (χ1v) is 11.8. The Kier molecular flexibility index (Phi) is 5.88. The standard InChI is InChI=1S/C22H25FN2OS2/c1-14(2)11-12-25-21(26)19-16-8-4-6-10-18(16)28-20(19)24-22(25)27-13-15-7-3-5-9-17(15)23/h3,5,7,9,14H,4,6,8,10-13H2,1-2H3. The number of rotatable bonds is 6. The Labute approximate surface area is 173 Å². The molecule has 0 amide bonds. The molecule has 1 aliphatic rings. The van der Waals surface area contributed by atoms with E-state index in [1.165, 1.54) is 34.7 Å². The van der Waals surface area contributed by atoms with Crippen molar-refractivity contribution in [3.8, 4) is 0 Å². The van der Waals surface area contributed by atoms with Crippen LogP contribution in [0, 0.1) is 11.7 Å². The first-order valence-electron chi connectivity index (χ1n) is 9.96. The number of nitrogens with zero attached hydrogens (tertiary/aromatic N) is 2. The van der Waals surface area contributed by atoms with Gasteiger partial charge in [0.05, 0.1) is 5.39 Å². The van der Waals surface area contributed by atoms with Crippen LogP contribution in [0.15, 0.2) is 34.2 Å². The Balaban J connectivity index is 1.75. The molecular weight excluding hydrogens is 391 g/mol. The predicted molar refractivity (Wildman–Crippen MR) is 116 cm³/mol. The van der Waals surface area contributed by atoms with Crippen molar-refractivity contribution in [1.82, 2.24) is 9.55 Å². The fourth-order valence-corrected chi connectivity index (χ4v) is 5.99. The zero-order valence-corrected chi connectivity index (χ0v) is 18.0. The third-order valence-electron chi connectivity index (χ3n) is 5.28. The summed E-state index contributed by atoms with van der Waals surface area (Å²) < 4.78 is 15.9. The number of halogens is 1. The quantitative estimate of drug-likeness (QED) is 0.375. The van der Waals surface area contributed by atoms with Crippen LogP contribution in [0.1, 0.15) is 49.1 Å². The van der Waals surface area contributed by atoms with E-state index in [-0.39, 0.29) is 11.4 Å². The number of aryl methyl sites for hydroxylation is 2. The third kappa shape index (κ3) is 3.90. The first-order chi connectivity index (χ1) is 13.5. The van der Waals surface area contributed by atoms with Crippen LogP contribution < -0.4 is 5.56 Å². The van der Waals surface area contributed by atoms with Gasteiger partial charge in [-0.05, 0) is 55.2 Å². The topological polar surface area (TPSA) is 34.9 Å². The minimum Gasteiger partial charge on any atom is -0.287 e. The molecule has 28 heavy (non-hydrogen) atoms. The molecular formula is C22H25FN2OS2. The molecule has 0 atom stereocenters. The van der Waals surface area contributed by atoms with Gasteiger partial charge in [-0.1, -0.05) is 43.8 Å². The Morgan fingerprint density at radius 1 is 1.25 bits per heavy atom. The summed E-state index contributed by atoms with van der Waals surface area (Å²) in [6, 6.07) is 6.81. The highest BCUT2D eigenvalue weighted by Crippen LogP contribution is 2.35. The van der Waals surface area contributed by atoms with E-state index in [0.717, 1.165) is 35.9 Å². The van der Waals surface area contributed by atoms with Gasteiger partial charge in [-0.15, -0.1) is 11.3 Å². The molecule has 0 spiro atoms. The van der Waals surface area contributed by atoms with Crippen molar-refractivity contribution in [2.24, 2.45) is 5.92 Å². The van der Waals surface area contributed by atoms with Crippen LogP contribution in [0.5, 0.6) is 0 Å². The SMILES string of the molecule is CC(C)CCn1c(SCc2ccccc2F)nc2sc3c(c2c1=O)CCCC3. The molecule has 4 rings (SSSR count). The summed E-state index contributed by atoms with van der Waals surface area (Å²) in [7, 11) is 0. The van der Waals surface area contributed by atoms with Gasteiger partial charge in [0.25, 0.3) is 5.56 Å². The van der Waals surface area contributed by atoms with Gasteiger partial charge in [0.15, 0.2) is 5.16 Å². The van der Waals surface area contributed by atoms with Crippen molar-refractivity contribution in [3.63, 3.8) is 0 Å². The van der Waals surface area contributed by atoms with Crippen LogP contribution in [-0.2, 0) is 25.1 Å². The van der Waals surface area contributed by atoms with Gasteiger partial charge in [-0.2, -0.15) is 0 Å². The molecule has 0 saturated carbocycles. The number of benzene rings is 1. The Bertz CT molecular complexity index is 1050. The van der Waals surface area contributed by atoms with Crippen molar-refractivity contribution < 1.29 is 4.39 Å². The molecule has 0 bridgehead atoms. The molecule has 3 nitrogen and oxygen atoms in total. The van der Waals surface area contributed by atoms with E-state index in [2.05, 4.69) is 13.8 Å². The zero-order valence-electron chi connectivity index (χ0n) is 16.3. The largest absolute Gasteiger partial charge is 0.287 e. The van der Waals surface area contributed by atoms with Crippen LogP contribution in [0.3, 0.4) is 0 Å². The second-order valence-electron chi connectivity index (χ2n) is 7.80. The molecule has 0 saturated heterocycles. The molecule has 1 aliphatic carbocycles. The summed E-state index contributed by atoms with van der Waals surface area (Å²) in [5.41, 5.74) is 1.96. The molecule has 2 heterocycles. The van der Waals surface area contributed by atoms with Crippen LogP contribution in [0.4, 0.5) is 4.39 Å². The van der Waals surface area contributed by atoms with Crippen molar-refractivity contribution in [2.45, 2.75) is 63.4 Å². The lowest BCUT2D eigenvalue weighted by atomic mass is 9.97. The second-order valence-corrected chi connectivity index (χ2v) is 9.83. The Morgan fingerprint density at radius 3 is 2.82 bits per heavy atom. The van der Waals surface area contributed by atoms with Crippen molar-refractivity contribution in [3.05, 3.63) is 56.4 Å². The van der Waals surface area contributed by atoms with E-state index >= 15 is 0 Å². The van der Waals surface area contributed by atoms with Crippen LogP contribution in [0.25, 0.3) is 10.2 Å². The van der Waals surface area contributed by atoms with Gasteiger partial charge in [-0.3, -0.25) is 9.36 Å².